The summed E-state index contributed by atoms with van der Waals surface area (Å²) in [6.07, 6.45) is -4.42. The molecule has 1 aliphatic rings. The lowest BCUT2D eigenvalue weighted by Gasteiger charge is -2.35. The molecule has 0 aromatic heterocycles. The Balaban J connectivity index is 1.50. The van der Waals surface area contributed by atoms with E-state index < -0.39 is 17.6 Å². The van der Waals surface area contributed by atoms with Crippen LogP contribution in [0.1, 0.15) is 17.2 Å². The van der Waals surface area contributed by atoms with E-state index in [1.165, 1.54) is 36.4 Å². The van der Waals surface area contributed by atoms with Gasteiger partial charge in [-0.1, -0.05) is 12.1 Å². The van der Waals surface area contributed by atoms with E-state index in [1.54, 1.807) is 0 Å². The van der Waals surface area contributed by atoms with E-state index in [2.05, 4.69) is 15.5 Å². The number of carbonyl (C=O) groups is 2. The normalized spacial score (nSPS) is 15.5. The molecule has 11 heteroatoms. The zero-order valence-corrected chi connectivity index (χ0v) is 19.1. The summed E-state index contributed by atoms with van der Waals surface area (Å²) in [5.41, 5.74) is 0.402. The van der Waals surface area contributed by atoms with Gasteiger partial charge in [0, 0.05) is 25.3 Å². The highest BCUT2D eigenvalue weighted by atomic mass is 32.2. The Hall–Kier alpha value is -2.63. The lowest BCUT2D eigenvalue weighted by atomic mass is 10.0. The van der Waals surface area contributed by atoms with Gasteiger partial charge in [-0.3, -0.25) is 14.5 Å². The standard InChI is InChI=1S/C23H25F4N3O3S/c24-18-5-7-19(8-6-18)29-22(32)15-34-14-21(31)28-13-20(30-9-11-33-12-10-30)16-1-3-17(4-2-16)23(25,26)27/h1-8,20H,9-15H2,(H,28,31)(H,29,32). The zero-order chi connectivity index (χ0) is 24.6. The Labute approximate surface area is 199 Å². The Morgan fingerprint density at radius 1 is 0.971 bits per heavy atom. The van der Waals surface area contributed by atoms with E-state index in [0.717, 1.165) is 23.9 Å². The SMILES string of the molecule is O=C(CSCC(=O)Nc1ccc(F)cc1)NCC(c1ccc(C(F)(F)F)cc1)N1CCOCC1. The number of anilines is 1. The number of hydrogen-bond donors (Lipinski definition) is 2. The third-order valence-electron chi connectivity index (χ3n) is 5.20. The third-order valence-corrected chi connectivity index (χ3v) is 6.13. The first kappa shape index (κ1) is 26.0. The van der Waals surface area contributed by atoms with Gasteiger partial charge < -0.3 is 15.4 Å². The van der Waals surface area contributed by atoms with E-state index in [1.807, 2.05) is 0 Å². The molecule has 0 bridgehead atoms. The number of halogens is 4. The first-order valence-electron chi connectivity index (χ1n) is 10.6. The van der Waals surface area contributed by atoms with Crippen molar-refractivity contribution in [2.24, 2.45) is 0 Å². The van der Waals surface area contributed by atoms with Crippen LogP contribution in [0.5, 0.6) is 0 Å². The van der Waals surface area contributed by atoms with Crippen LogP contribution >= 0.6 is 11.8 Å². The van der Waals surface area contributed by atoms with Crippen molar-refractivity contribution in [2.45, 2.75) is 12.2 Å². The molecule has 2 aromatic rings. The van der Waals surface area contributed by atoms with Gasteiger partial charge in [0.25, 0.3) is 0 Å². The van der Waals surface area contributed by atoms with Gasteiger partial charge in [0.2, 0.25) is 11.8 Å². The molecule has 1 atom stereocenters. The molecule has 184 valence electrons. The van der Waals surface area contributed by atoms with Crippen molar-refractivity contribution in [3.63, 3.8) is 0 Å². The Morgan fingerprint density at radius 2 is 1.59 bits per heavy atom. The molecular formula is C23H25F4N3O3S. The van der Waals surface area contributed by atoms with Gasteiger partial charge in [0.05, 0.1) is 36.3 Å². The second-order valence-electron chi connectivity index (χ2n) is 7.64. The number of hydrogen-bond acceptors (Lipinski definition) is 5. The average Bonchev–Trinajstić information content (AvgIpc) is 2.81. The van der Waals surface area contributed by atoms with Crippen LogP contribution in [0, 0.1) is 5.82 Å². The van der Waals surface area contributed by atoms with E-state index >= 15 is 0 Å². The molecule has 3 rings (SSSR count). The lowest BCUT2D eigenvalue weighted by molar-refractivity contribution is -0.137. The van der Waals surface area contributed by atoms with E-state index in [-0.39, 0.29) is 35.9 Å². The van der Waals surface area contributed by atoms with Crippen LogP contribution in [0.2, 0.25) is 0 Å². The highest BCUT2D eigenvalue weighted by Crippen LogP contribution is 2.31. The molecule has 1 aliphatic heterocycles. The van der Waals surface area contributed by atoms with Gasteiger partial charge in [-0.15, -0.1) is 11.8 Å². The molecule has 0 radical (unpaired) electrons. The summed E-state index contributed by atoms with van der Waals surface area (Å²) >= 11 is 1.12. The molecule has 0 aliphatic carbocycles. The second kappa shape index (κ2) is 12.2. The van der Waals surface area contributed by atoms with Gasteiger partial charge in [-0.25, -0.2) is 4.39 Å². The second-order valence-corrected chi connectivity index (χ2v) is 8.62. The summed E-state index contributed by atoms with van der Waals surface area (Å²) in [5, 5.41) is 5.43. The first-order valence-corrected chi connectivity index (χ1v) is 11.8. The molecule has 1 fully saturated rings. The number of alkyl halides is 3. The topological polar surface area (TPSA) is 70.7 Å². The van der Waals surface area contributed by atoms with E-state index in [9.17, 15) is 27.2 Å². The number of nitrogens with zero attached hydrogens (tertiary/aromatic N) is 1. The number of benzene rings is 2. The van der Waals surface area contributed by atoms with Crippen LogP contribution in [0.3, 0.4) is 0 Å². The zero-order valence-electron chi connectivity index (χ0n) is 18.2. The molecule has 2 aromatic carbocycles. The summed E-state index contributed by atoms with van der Waals surface area (Å²) in [5.74, 6) is -0.933. The molecular weight excluding hydrogens is 474 g/mol. The van der Waals surface area contributed by atoms with Crippen LogP contribution in [-0.4, -0.2) is 61.1 Å². The lowest BCUT2D eigenvalue weighted by Crippen LogP contribution is -2.44. The number of morpholine rings is 1. The van der Waals surface area contributed by atoms with Gasteiger partial charge in [0.15, 0.2) is 0 Å². The van der Waals surface area contributed by atoms with E-state index in [4.69, 9.17) is 4.74 Å². The highest BCUT2D eigenvalue weighted by molar-refractivity contribution is 8.00. The number of thioether (sulfide) groups is 1. The van der Waals surface area contributed by atoms with Crippen LogP contribution in [0.25, 0.3) is 0 Å². The minimum atomic E-state index is -4.42. The molecule has 1 heterocycles. The van der Waals surface area contributed by atoms with Gasteiger partial charge in [-0.05, 0) is 42.0 Å². The summed E-state index contributed by atoms with van der Waals surface area (Å²) < 4.78 is 57.0. The fraction of sp³-hybridized carbons (Fsp3) is 0.391. The number of amides is 2. The Kier molecular flexibility index (Phi) is 9.31. The fourth-order valence-electron chi connectivity index (χ4n) is 3.47. The van der Waals surface area contributed by atoms with Crippen LogP contribution in [0.15, 0.2) is 48.5 Å². The average molecular weight is 500 g/mol. The molecule has 2 N–H and O–H groups in total. The highest BCUT2D eigenvalue weighted by Gasteiger charge is 2.31. The maximum atomic E-state index is 12.9. The third kappa shape index (κ3) is 8.00. The first-order chi connectivity index (χ1) is 16.2. The largest absolute Gasteiger partial charge is 0.416 e. The van der Waals surface area contributed by atoms with Crippen molar-refractivity contribution >= 4 is 29.3 Å². The van der Waals surface area contributed by atoms with Crippen LogP contribution < -0.4 is 10.6 Å². The summed E-state index contributed by atoms with van der Waals surface area (Å²) in [6.45, 7) is 2.42. The van der Waals surface area contributed by atoms with Crippen molar-refractivity contribution in [3.8, 4) is 0 Å². The minimum Gasteiger partial charge on any atom is -0.379 e. The van der Waals surface area contributed by atoms with Crippen molar-refractivity contribution < 1.29 is 31.9 Å². The van der Waals surface area contributed by atoms with Gasteiger partial charge in [0.1, 0.15) is 5.82 Å². The number of ether oxygens (including phenoxy) is 1. The molecule has 34 heavy (non-hydrogen) atoms. The maximum Gasteiger partial charge on any atom is 0.416 e. The summed E-state index contributed by atoms with van der Waals surface area (Å²) in [4.78, 5) is 26.4. The molecule has 1 saturated heterocycles. The molecule has 0 saturated carbocycles. The van der Waals surface area contributed by atoms with Crippen LogP contribution in [0.4, 0.5) is 23.2 Å². The molecule has 1 unspecified atom stereocenters. The molecule has 0 spiro atoms. The molecule has 6 nitrogen and oxygen atoms in total. The maximum absolute atomic E-state index is 12.9. The Morgan fingerprint density at radius 3 is 2.21 bits per heavy atom. The van der Waals surface area contributed by atoms with Crippen LogP contribution in [-0.2, 0) is 20.5 Å². The summed E-state index contributed by atoms with van der Waals surface area (Å²) in [7, 11) is 0. The Bertz CT molecular complexity index is 949. The van der Waals surface area contributed by atoms with Crippen molar-refractivity contribution in [3.05, 3.63) is 65.5 Å². The fourth-order valence-corrected chi connectivity index (χ4v) is 4.12. The van der Waals surface area contributed by atoms with Gasteiger partial charge >= 0.3 is 6.18 Å². The van der Waals surface area contributed by atoms with Crippen molar-refractivity contribution in [1.29, 1.82) is 0 Å². The monoisotopic (exact) mass is 499 g/mol. The minimum absolute atomic E-state index is 0.0383. The smallest absolute Gasteiger partial charge is 0.379 e. The molecule has 2 amide bonds. The number of rotatable bonds is 9. The van der Waals surface area contributed by atoms with Crippen molar-refractivity contribution in [2.75, 3.05) is 49.7 Å². The summed E-state index contributed by atoms with van der Waals surface area (Å²) in [6, 6.07) is 10.0. The predicted octanol–water partition coefficient (Wildman–Crippen LogP) is 3.71. The van der Waals surface area contributed by atoms with E-state index in [0.29, 0.717) is 37.6 Å². The van der Waals surface area contributed by atoms with Gasteiger partial charge in [-0.2, -0.15) is 13.2 Å². The number of carbonyl (C=O) groups excluding carboxylic acids is 2. The quantitative estimate of drug-likeness (QED) is 0.515. The predicted molar refractivity (Wildman–Crippen MR) is 122 cm³/mol. The van der Waals surface area contributed by atoms with Crippen molar-refractivity contribution in [1.82, 2.24) is 10.2 Å². The number of nitrogens with one attached hydrogen (secondary N) is 2.